The van der Waals surface area contributed by atoms with Crippen LogP contribution in [0.15, 0.2) is 37.0 Å². The van der Waals surface area contributed by atoms with Crippen LogP contribution in [0.1, 0.15) is 20.3 Å². The summed E-state index contributed by atoms with van der Waals surface area (Å²) in [6.45, 7) is 11.9. The Bertz CT molecular complexity index is 121. The van der Waals surface area contributed by atoms with E-state index in [1.807, 2.05) is 13.0 Å². The van der Waals surface area contributed by atoms with Crippen molar-refractivity contribution in [1.82, 2.24) is 0 Å². The van der Waals surface area contributed by atoms with Crippen molar-refractivity contribution >= 4 is 0 Å². The van der Waals surface area contributed by atoms with Gasteiger partial charge in [-0.3, -0.25) is 0 Å². The summed E-state index contributed by atoms with van der Waals surface area (Å²) in [6, 6.07) is 0. The topological polar surface area (TPSA) is 26.0 Å². The summed E-state index contributed by atoms with van der Waals surface area (Å²) in [5, 5.41) is 0. The molecule has 0 aliphatic heterocycles. The molecule has 0 atom stereocenters. The second-order valence-corrected chi connectivity index (χ2v) is 2.14. The van der Waals surface area contributed by atoms with E-state index in [1.54, 1.807) is 12.2 Å². The van der Waals surface area contributed by atoms with Crippen LogP contribution in [0.5, 0.6) is 0 Å². The summed E-state index contributed by atoms with van der Waals surface area (Å²) in [7, 11) is 0. The van der Waals surface area contributed by atoms with E-state index in [9.17, 15) is 0 Å². The van der Waals surface area contributed by atoms with Gasteiger partial charge in [-0.2, -0.15) is 0 Å². The molecule has 0 radical (unpaired) electrons. The molecule has 0 unspecified atom stereocenters. The Hall–Kier alpha value is -0.820. The maximum atomic E-state index is 5.03. The molecule has 11 heavy (non-hydrogen) atoms. The van der Waals surface area contributed by atoms with Crippen LogP contribution in [0.4, 0.5) is 0 Å². The molecular formula is C10H19N. The van der Waals surface area contributed by atoms with Gasteiger partial charge in [-0.1, -0.05) is 43.9 Å². The molecule has 0 fully saturated rings. The molecule has 64 valence electrons. The molecule has 0 spiro atoms. The third-order valence-corrected chi connectivity index (χ3v) is 0.991. The second-order valence-electron chi connectivity index (χ2n) is 2.14. The predicted molar refractivity (Wildman–Crippen MR) is 53.5 cm³/mol. The molecule has 0 bridgehead atoms. The lowest BCUT2D eigenvalue weighted by molar-refractivity contribution is 0.932. The van der Waals surface area contributed by atoms with Gasteiger partial charge in [0.1, 0.15) is 0 Å². The first-order chi connectivity index (χ1) is 5.22. The first kappa shape index (κ1) is 12.8. The molecule has 0 rings (SSSR count). The van der Waals surface area contributed by atoms with Crippen LogP contribution in [-0.2, 0) is 0 Å². The maximum Gasteiger partial charge on any atom is -0.00799 e. The number of rotatable bonds is 3. The van der Waals surface area contributed by atoms with Crippen molar-refractivity contribution in [2.75, 3.05) is 6.54 Å². The summed E-state index contributed by atoms with van der Waals surface area (Å²) in [5.74, 6) is 0. The largest absolute Gasteiger partial charge is 0.330 e. The first-order valence-corrected chi connectivity index (χ1v) is 3.84. The first-order valence-electron chi connectivity index (χ1n) is 3.84. The number of allylic oxidation sites excluding steroid dienone is 4. The summed E-state index contributed by atoms with van der Waals surface area (Å²) in [4.78, 5) is 0. The van der Waals surface area contributed by atoms with E-state index in [-0.39, 0.29) is 0 Å². The van der Waals surface area contributed by atoms with Gasteiger partial charge >= 0.3 is 0 Å². The average Bonchev–Trinajstić information content (AvgIpc) is 2.05. The maximum absolute atomic E-state index is 5.03. The second kappa shape index (κ2) is 11.9. The van der Waals surface area contributed by atoms with Crippen LogP contribution in [0.25, 0.3) is 0 Å². The van der Waals surface area contributed by atoms with E-state index in [0.29, 0.717) is 0 Å². The van der Waals surface area contributed by atoms with Crippen molar-refractivity contribution in [3.05, 3.63) is 37.0 Å². The summed E-state index contributed by atoms with van der Waals surface area (Å²) in [6.07, 6.45) is 6.55. The number of hydrogen-bond acceptors (Lipinski definition) is 1. The zero-order valence-electron chi connectivity index (χ0n) is 7.64. The van der Waals surface area contributed by atoms with E-state index >= 15 is 0 Å². The Morgan fingerprint density at radius 2 is 1.91 bits per heavy atom. The lowest BCUT2D eigenvalue weighted by Crippen LogP contribution is -1.93. The highest BCUT2D eigenvalue weighted by molar-refractivity contribution is 5.17. The van der Waals surface area contributed by atoms with Gasteiger partial charge in [0.15, 0.2) is 0 Å². The van der Waals surface area contributed by atoms with Gasteiger partial charge in [0.05, 0.1) is 0 Å². The van der Waals surface area contributed by atoms with Gasteiger partial charge in [0.2, 0.25) is 0 Å². The van der Waals surface area contributed by atoms with Crippen molar-refractivity contribution in [2.45, 2.75) is 20.3 Å². The highest BCUT2D eigenvalue weighted by Crippen LogP contribution is 1.90. The van der Waals surface area contributed by atoms with Crippen molar-refractivity contribution in [1.29, 1.82) is 0 Å². The Labute approximate surface area is 70.3 Å². The molecule has 0 saturated heterocycles. The van der Waals surface area contributed by atoms with Gasteiger partial charge in [-0.15, -0.1) is 0 Å². The minimum absolute atomic E-state index is 0.819. The molecule has 1 heteroatoms. The molecule has 0 aliphatic rings. The molecule has 0 saturated carbocycles. The van der Waals surface area contributed by atoms with Crippen molar-refractivity contribution < 1.29 is 0 Å². The molecule has 0 heterocycles. The predicted octanol–water partition coefficient (Wildman–Crippen LogP) is 2.66. The molecule has 0 aromatic carbocycles. The lowest BCUT2D eigenvalue weighted by atomic mass is 10.3. The Morgan fingerprint density at radius 3 is 2.00 bits per heavy atom. The molecular weight excluding hydrogens is 134 g/mol. The van der Waals surface area contributed by atoms with Crippen molar-refractivity contribution in [3.8, 4) is 0 Å². The van der Waals surface area contributed by atoms with Gasteiger partial charge < -0.3 is 5.73 Å². The Kier molecular flexibility index (Phi) is 13.9. The quantitative estimate of drug-likeness (QED) is 0.620. The van der Waals surface area contributed by atoms with Crippen molar-refractivity contribution in [2.24, 2.45) is 5.73 Å². The van der Waals surface area contributed by atoms with Gasteiger partial charge in [0, 0.05) is 0 Å². The van der Waals surface area contributed by atoms with Gasteiger partial charge in [-0.25, -0.2) is 0 Å². The van der Waals surface area contributed by atoms with Crippen LogP contribution in [0.3, 0.4) is 0 Å². The summed E-state index contributed by atoms with van der Waals surface area (Å²) >= 11 is 0. The SMILES string of the molecule is C=C/C=C(/C)C=C.CCCN. The smallest absolute Gasteiger partial charge is 0.00799 e. The fraction of sp³-hybridized carbons (Fsp3) is 0.400. The standard InChI is InChI=1S/C7H10.C3H9N/c1-4-6-7(3)5-2;1-2-3-4/h4-6H,1-2H2,3H3;2-4H2,1H3/b7-6-;. The van der Waals surface area contributed by atoms with Crippen LogP contribution in [0.2, 0.25) is 0 Å². The zero-order chi connectivity index (χ0) is 9.11. The van der Waals surface area contributed by atoms with Crippen LogP contribution < -0.4 is 5.73 Å². The van der Waals surface area contributed by atoms with Gasteiger partial charge in [0.25, 0.3) is 0 Å². The van der Waals surface area contributed by atoms with Crippen molar-refractivity contribution in [3.63, 3.8) is 0 Å². The van der Waals surface area contributed by atoms with E-state index in [4.69, 9.17) is 5.73 Å². The third kappa shape index (κ3) is 17.6. The highest BCUT2D eigenvalue weighted by atomic mass is 14.5. The Morgan fingerprint density at radius 1 is 1.45 bits per heavy atom. The van der Waals surface area contributed by atoms with Crippen LogP contribution in [0, 0.1) is 0 Å². The van der Waals surface area contributed by atoms with E-state index in [1.165, 1.54) is 0 Å². The van der Waals surface area contributed by atoms with E-state index in [0.717, 1.165) is 18.5 Å². The van der Waals surface area contributed by atoms with E-state index < -0.39 is 0 Å². The van der Waals surface area contributed by atoms with Crippen LogP contribution in [-0.4, -0.2) is 6.54 Å². The number of hydrogen-bond donors (Lipinski definition) is 1. The zero-order valence-corrected chi connectivity index (χ0v) is 7.64. The molecule has 2 N–H and O–H groups in total. The molecule has 0 aliphatic carbocycles. The van der Waals surface area contributed by atoms with Gasteiger partial charge in [-0.05, 0) is 19.9 Å². The monoisotopic (exact) mass is 153 g/mol. The molecule has 0 amide bonds. The summed E-state index contributed by atoms with van der Waals surface area (Å²) in [5.41, 5.74) is 6.18. The lowest BCUT2D eigenvalue weighted by Gasteiger charge is -1.80. The Balaban J connectivity index is 0. The highest BCUT2D eigenvalue weighted by Gasteiger charge is 1.68. The average molecular weight is 153 g/mol. The summed E-state index contributed by atoms with van der Waals surface area (Å²) < 4.78 is 0. The number of nitrogens with two attached hydrogens (primary N) is 1. The fourth-order valence-corrected chi connectivity index (χ4v) is 0.254. The minimum atomic E-state index is 0.819. The molecule has 1 nitrogen and oxygen atoms in total. The minimum Gasteiger partial charge on any atom is -0.330 e. The molecule has 0 aromatic rings. The normalized spacial score (nSPS) is 9.55. The van der Waals surface area contributed by atoms with E-state index in [2.05, 4.69) is 20.1 Å². The fourth-order valence-electron chi connectivity index (χ4n) is 0.254. The molecule has 0 aromatic heterocycles. The third-order valence-electron chi connectivity index (χ3n) is 0.991. The van der Waals surface area contributed by atoms with Crippen LogP contribution >= 0.6 is 0 Å².